The molecule has 0 unspecified atom stereocenters. The van der Waals surface area contributed by atoms with Crippen molar-refractivity contribution in [2.24, 2.45) is 0 Å². The van der Waals surface area contributed by atoms with E-state index >= 15 is 0 Å². The molecule has 0 spiro atoms. The predicted octanol–water partition coefficient (Wildman–Crippen LogP) is 10.6. The Bertz CT molecular complexity index is 1320. The van der Waals surface area contributed by atoms with Crippen molar-refractivity contribution in [1.29, 1.82) is 0 Å². The van der Waals surface area contributed by atoms with Gasteiger partial charge in [0.2, 0.25) is 0 Å². The molecule has 0 atom stereocenters. The fraction of sp³-hybridized carbons (Fsp3) is 0.278. The standard InChI is InChI=1S/C36H42Si2/c1-7-15-31-33(27-17-11-9-12-18-27)25-37(3,4)35(31)29-21-23-30(24-22-29)36-32(16-8-2)34(26-38(36,5)6)28-19-13-10-14-20-28/h9-14,17-26H,7-8,15-16H2,1-6H3. The van der Waals surface area contributed by atoms with Crippen molar-refractivity contribution in [1.82, 2.24) is 0 Å². The molecule has 0 nitrogen and oxygen atoms in total. The monoisotopic (exact) mass is 530 g/mol. The lowest BCUT2D eigenvalue weighted by atomic mass is 9.93. The number of hydrogen-bond acceptors (Lipinski definition) is 0. The van der Waals surface area contributed by atoms with Crippen LogP contribution in [0.25, 0.3) is 21.5 Å². The summed E-state index contributed by atoms with van der Waals surface area (Å²) in [6.45, 7) is 14.7. The predicted molar refractivity (Wildman–Crippen MR) is 174 cm³/mol. The maximum atomic E-state index is 2.64. The Balaban J connectivity index is 1.58. The van der Waals surface area contributed by atoms with E-state index in [-0.39, 0.29) is 0 Å². The summed E-state index contributed by atoms with van der Waals surface area (Å²) in [5.41, 5.74) is 17.0. The Labute approximate surface area is 232 Å². The molecule has 3 aromatic carbocycles. The van der Waals surface area contributed by atoms with Gasteiger partial charge in [-0.1, -0.05) is 149 Å². The molecule has 2 aliphatic heterocycles. The molecule has 0 N–H and O–H groups in total. The Morgan fingerprint density at radius 3 is 1.11 bits per heavy atom. The molecular formula is C36H42Si2. The van der Waals surface area contributed by atoms with Gasteiger partial charge in [-0.05, 0) is 67.8 Å². The summed E-state index contributed by atoms with van der Waals surface area (Å²) in [6, 6.07) is 31.8. The van der Waals surface area contributed by atoms with Crippen LogP contribution in [0, 0.1) is 0 Å². The summed E-state index contributed by atoms with van der Waals surface area (Å²) in [6.07, 6.45) is 4.63. The molecule has 0 saturated carbocycles. The molecule has 0 aliphatic carbocycles. The molecule has 0 saturated heterocycles. The number of rotatable bonds is 8. The molecule has 0 amide bonds. The Hall–Kier alpha value is -2.95. The first-order valence-electron chi connectivity index (χ1n) is 14.4. The summed E-state index contributed by atoms with van der Waals surface area (Å²) in [4.78, 5) is 0. The van der Waals surface area contributed by atoms with Crippen LogP contribution < -0.4 is 0 Å². The van der Waals surface area contributed by atoms with E-state index in [1.807, 2.05) is 0 Å². The smallest absolute Gasteiger partial charge is 0.0821 e. The van der Waals surface area contributed by atoms with Crippen LogP contribution in [-0.2, 0) is 0 Å². The average molecular weight is 531 g/mol. The highest BCUT2D eigenvalue weighted by molar-refractivity contribution is 7.01. The van der Waals surface area contributed by atoms with Crippen molar-refractivity contribution in [2.75, 3.05) is 0 Å². The van der Waals surface area contributed by atoms with Crippen molar-refractivity contribution in [3.05, 3.63) is 130 Å². The number of allylic oxidation sites excluding steroid dienone is 4. The van der Waals surface area contributed by atoms with Gasteiger partial charge in [-0.3, -0.25) is 0 Å². The Morgan fingerprint density at radius 2 is 0.789 bits per heavy atom. The topological polar surface area (TPSA) is 0 Å². The van der Waals surface area contributed by atoms with Gasteiger partial charge in [-0.2, -0.15) is 0 Å². The van der Waals surface area contributed by atoms with E-state index in [2.05, 4.69) is 136 Å². The van der Waals surface area contributed by atoms with Gasteiger partial charge in [0.25, 0.3) is 0 Å². The minimum Gasteiger partial charge on any atom is -0.0821 e. The molecule has 194 valence electrons. The quantitative estimate of drug-likeness (QED) is 0.254. The molecule has 38 heavy (non-hydrogen) atoms. The zero-order valence-corrected chi connectivity index (χ0v) is 26.1. The van der Waals surface area contributed by atoms with Gasteiger partial charge in [0.1, 0.15) is 16.1 Å². The fourth-order valence-electron chi connectivity index (χ4n) is 6.75. The van der Waals surface area contributed by atoms with E-state index < -0.39 is 16.1 Å². The molecule has 0 radical (unpaired) electrons. The van der Waals surface area contributed by atoms with E-state index in [9.17, 15) is 0 Å². The second-order valence-electron chi connectivity index (χ2n) is 12.1. The van der Waals surface area contributed by atoms with Gasteiger partial charge in [0.15, 0.2) is 0 Å². The molecule has 0 bridgehead atoms. The maximum Gasteiger partial charge on any atom is 0.106 e. The molecule has 0 aromatic heterocycles. The van der Waals surface area contributed by atoms with Gasteiger partial charge in [-0.25, -0.2) is 0 Å². The van der Waals surface area contributed by atoms with E-state index in [0.29, 0.717) is 0 Å². The van der Waals surface area contributed by atoms with E-state index in [4.69, 9.17) is 0 Å². The molecule has 2 heterocycles. The lowest BCUT2D eigenvalue weighted by molar-refractivity contribution is 0.935. The first kappa shape index (κ1) is 26.7. The molecule has 0 fully saturated rings. The third kappa shape index (κ3) is 4.92. The van der Waals surface area contributed by atoms with Crippen molar-refractivity contribution < 1.29 is 0 Å². The second-order valence-corrected chi connectivity index (χ2v) is 20.5. The zero-order valence-electron chi connectivity index (χ0n) is 24.1. The minimum atomic E-state index is -1.71. The minimum absolute atomic E-state index is 1.14. The first-order valence-corrected chi connectivity index (χ1v) is 20.6. The number of benzene rings is 3. The summed E-state index contributed by atoms with van der Waals surface area (Å²) in [7, 11) is -3.42. The first-order chi connectivity index (χ1) is 18.3. The fourth-order valence-corrected chi connectivity index (χ4v) is 13.1. The third-order valence-corrected chi connectivity index (χ3v) is 14.0. The maximum absolute atomic E-state index is 2.64. The second kappa shape index (κ2) is 10.7. The lowest BCUT2D eigenvalue weighted by Gasteiger charge is -2.23. The zero-order chi connectivity index (χ0) is 26.9. The highest BCUT2D eigenvalue weighted by Crippen LogP contribution is 2.48. The highest BCUT2D eigenvalue weighted by atomic mass is 28.3. The third-order valence-electron chi connectivity index (χ3n) is 8.18. The van der Waals surface area contributed by atoms with E-state index in [1.165, 1.54) is 46.2 Å². The van der Waals surface area contributed by atoms with Gasteiger partial charge >= 0.3 is 0 Å². The lowest BCUT2D eigenvalue weighted by Crippen LogP contribution is -2.24. The van der Waals surface area contributed by atoms with E-state index in [1.54, 1.807) is 21.5 Å². The number of hydrogen-bond donors (Lipinski definition) is 0. The highest BCUT2D eigenvalue weighted by Gasteiger charge is 2.37. The van der Waals surface area contributed by atoms with Crippen molar-refractivity contribution in [3.8, 4) is 0 Å². The Kier molecular flexibility index (Phi) is 7.48. The van der Waals surface area contributed by atoms with Crippen LogP contribution in [0.15, 0.2) is 107 Å². The van der Waals surface area contributed by atoms with Crippen LogP contribution in [0.1, 0.15) is 61.8 Å². The SMILES string of the molecule is CCCC1=C(c2ccc(C3=C(CCC)C(c4ccccc4)=C[Si]3(C)C)cc2)[Si](C)(C)C=C1c1ccccc1. The summed E-state index contributed by atoms with van der Waals surface area (Å²) in [5.74, 6) is 0. The van der Waals surface area contributed by atoms with Crippen LogP contribution in [0.2, 0.25) is 26.2 Å². The normalized spacial score (nSPS) is 18.2. The van der Waals surface area contributed by atoms with Crippen LogP contribution in [-0.4, -0.2) is 16.1 Å². The average Bonchev–Trinajstić information content (AvgIpc) is 3.34. The Morgan fingerprint density at radius 1 is 0.447 bits per heavy atom. The van der Waals surface area contributed by atoms with Crippen molar-refractivity contribution in [3.63, 3.8) is 0 Å². The summed E-state index contributed by atoms with van der Waals surface area (Å²) >= 11 is 0. The van der Waals surface area contributed by atoms with Crippen LogP contribution in [0.3, 0.4) is 0 Å². The summed E-state index contributed by atoms with van der Waals surface area (Å²) < 4.78 is 0. The van der Waals surface area contributed by atoms with Crippen LogP contribution in [0.4, 0.5) is 0 Å². The van der Waals surface area contributed by atoms with Crippen molar-refractivity contribution in [2.45, 2.75) is 65.7 Å². The van der Waals surface area contributed by atoms with Crippen molar-refractivity contribution >= 4 is 37.7 Å². The molecular weight excluding hydrogens is 489 g/mol. The molecule has 3 aromatic rings. The van der Waals surface area contributed by atoms with Gasteiger partial charge in [0.05, 0.1) is 0 Å². The van der Waals surface area contributed by atoms with Gasteiger partial charge < -0.3 is 0 Å². The van der Waals surface area contributed by atoms with Gasteiger partial charge in [-0.15, -0.1) is 0 Å². The van der Waals surface area contributed by atoms with E-state index in [0.717, 1.165) is 12.8 Å². The van der Waals surface area contributed by atoms with Crippen LogP contribution in [0.5, 0.6) is 0 Å². The molecule has 2 aliphatic rings. The summed E-state index contributed by atoms with van der Waals surface area (Å²) in [5, 5.41) is 3.28. The van der Waals surface area contributed by atoms with Crippen LogP contribution >= 0.6 is 0 Å². The molecule has 2 heteroatoms. The largest absolute Gasteiger partial charge is 0.106 e. The molecule has 5 rings (SSSR count). The van der Waals surface area contributed by atoms with Gasteiger partial charge in [0, 0.05) is 0 Å².